The predicted octanol–water partition coefficient (Wildman–Crippen LogP) is 2.61. The molecule has 0 bridgehead atoms. The van der Waals surface area contributed by atoms with Crippen LogP contribution in [0.25, 0.3) is 0 Å². The lowest BCUT2D eigenvalue weighted by Gasteiger charge is -2.31. The maximum absolute atomic E-state index is 10.7. The zero-order valence-electron chi connectivity index (χ0n) is 11.3. The number of rotatable bonds is 6. The van der Waals surface area contributed by atoms with Crippen molar-refractivity contribution in [2.45, 2.75) is 32.5 Å². The van der Waals surface area contributed by atoms with Crippen LogP contribution < -0.4 is 0 Å². The number of benzene rings is 1. The fourth-order valence-electron chi connectivity index (χ4n) is 1.92. The van der Waals surface area contributed by atoms with Crippen LogP contribution in [0.2, 0.25) is 0 Å². The zero-order chi connectivity index (χ0) is 13.8. The molecule has 1 rings (SSSR count). The normalized spacial score (nSPS) is 11.6. The van der Waals surface area contributed by atoms with E-state index in [-0.39, 0.29) is 12.8 Å². The van der Waals surface area contributed by atoms with Crippen molar-refractivity contribution >= 4 is 5.97 Å². The van der Waals surface area contributed by atoms with Gasteiger partial charge < -0.3 is 14.6 Å². The van der Waals surface area contributed by atoms with Crippen LogP contribution in [-0.2, 0) is 20.1 Å². The highest BCUT2D eigenvalue weighted by atomic mass is 16.7. The van der Waals surface area contributed by atoms with Gasteiger partial charge in [-0.15, -0.1) is 0 Å². The molecule has 0 radical (unpaired) electrons. The van der Waals surface area contributed by atoms with Gasteiger partial charge in [-0.25, -0.2) is 0 Å². The molecule has 0 saturated carbocycles. The van der Waals surface area contributed by atoms with E-state index in [0.29, 0.717) is 0 Å². The lowest BCUT2D eigenvalue weighted by Crippen LogP contribution is -2.31. The van der Waals surface area contributed by atoms with Gasteiger partial charge in [-0.05, 0) is 25.0 Å². The predicted molar refractivity (Wildman–Crippen MR) is 68.5 cm³/mol. The molecule has 4 heteroatoms. The van der Waals surface area contributed by atoms with E-state index in [1.54, 1.807) is 0 Å². The van der Waals surface area contributed by atoms with E-state index in [0.717, 1.165) is 11.1 Å². The van der Waals surface area contributed by atoms with Gasteiger partial charge in [0, 0.05) is 26.2 Å². The minimum atomic E-state index is -0.989. The van der Waals surface area contributed by atoms with Crippen LogP contribution in [0.3, 0.4) is 0 Å². The maximum atomic E-state index is 10.7. The molecule has 1 N–H and O–H groups in total. The number of carbonyl (C=O) groups is 1. The van der Waals surface area contributed by atoms with Crippen molar-refractivity contribution in [3.05, 3.63) is 34.9 Å². The molecule has 4 nitrogen and oxygen atoms in total. The number of methoxy groups -OCH3 is 2. The Kier molecular flexibility index (Phi) is 4.87. The summed E-state index contributed by atoms with van der Waals surface area (Å²) in [6, 6.07) is 5.87. The topological polar surface area (TPSA) is 55.8 Å². The first-order chi connectivity index (χ1) is 8.45. The average molecular weight is 252 g/mol. The van der Waals surface area contributed by atoms with Gasteiger partial charge in [0.05, 0.1) is 6.42 Å². The summed E-state index contributed by atoms with van der Waals surface area (Å²) in [5.41, 5.74) is 3.15. The Bertz CT molecular complexity index is 422. The molecule has 0 saturated heterocycles. The highest BCUT2D eigenvalue weighted by Crippen LogP contribution is 2.32. The van der Waals surface area contributed by atoms with Crippen LogP contribution in [0.4, 0.5) is 0 Å². The molecular formula is C14H20O4. The van der Waals surface area contributed by atoms with Crippen molar-refractivity contribution in [3.8, 4) is 0 Å². The first-order valence-electron chi connectivity index (χ1n) is 5.85. The van der Waals surface area contributed by atoms with Gasteiger partial charge in [-0.3, -0.25) is 4.79 Å². The van der Waals surface area contributed by atoms with Crippen LogP contribution in [-0.4, -0.2) is 25.3 Å². The standard InChI is InChI=1S/C14H20O4/c1-10-5-6-12(9-11(10)2)14(17-3,18-4)8-7-13(15)16/h5-6,9H,7-8H2,1-4H3,(H,15,16). The lowest BCUT2D eigenvalue weighted by atomic mass is 9.96. The first kappa shape index (κ1) is 14.7. The van der Waals surface area contributed by atoms with E-state index >= 15 is 0 Å². The fourth-order valence-corrected chi connectivity index (χ4v) is 1.92. The number of ether oxygens (including phenoxy) is 2. The van der Waals surface area contributed by atoms with E-state index in [2.05, 4.69) is 0 Å². The molecule has 0 aliphatic heterocycles. The molecule has 1 aromatic rings. The third-order valence-electron chi connectivity index (χ3n) is 3.27. The van der Waals surface area contributed by atoms with Crippen molar-refractivity contribution in [1.82, 2.24) is 0 Å². The third-order valence-corrected chi connectivity index (χ3v) is 3.27. The number of carboxylic acids is 1. The summed E-state index contributed by atoms with van der Waals surface area (Å²) in [5, 5.41) is 8.80. The van der Waals surface area contributed by atoms with Gasteiger partial charge in [0.25, 0.3) is 0 Å². The number of aryl methyl sites for hydroxylation is 2. The summed E-state index contributed by atoms with van der Waals surface area (Å²) in [7, 11) is 3.06. The highest BCUT2D eigenvalue weighted by Gasteiger charge is 2.32. The lowest BCUT2D eigenvalue weighted by molar-refractivity contribution is -0.221. The summed E-state index contributed by atoms with van der Waals surface area (Å²) in [5.74, 6) is -1.85. The molecule has 0 heterocycles. The molecule has 0 atom stereocenters. The Morgan fingerprint density at radius 1 is 1.22 bits per heavy atom. The maximum Gasteiger partial charge on any atom is 0.303 e. The van der Waals surface area contributed by atoms with Crippen molar-refractivity contribution in [2.24, 2.45) is 0 Å². The van der Waals surface area contributed by atoms with Gasteiger partial charge in [-0.2, -0.15) is 0 Å². The number of aliphatic carboxylic acids is 1. The van der Waals surface area contributed by atoms with Crippen molar-refractivity contribution in [1.29, 1.82) is 0 Å². The van der Waals surface area contributed by atoms with Crippen LogP contribution in [0.1, 0.15) is 29.5 Å². The Morgan fingerprint density at radius 3 is 2.28 bits per heavy atom. The smallest absolute Gasteiger partial charge is 0.303 e. The molecule has 0 spiro atoms. The zero-order valence-corrected chi connectivity index (χ0v) is 11.3. The third kappa shape index (κ3) is 3.09. The summed E-state index contributed by atoms with van der Waals surface area (Å²) < 4.78 is 10.9. The second kappa shape index (κ2) is 5.98. The van der Waals surface area contributed by atoms with Gasteiger partial charge in [0.15, 0.2) is 5.79 Å². The second-order valence-corrected chi connectivity index (χ2v) is 4.35. The summed E-state index contributed by atoms with van der Waals surface area (Å²) >= 11 is 0. The summed E-state index contributed by atoms with van der Waals surface area (Å²) in [6.45, 7) is 4.03. The SMILES string of the molecule is COC(CCC(=O)O)(OC)c1ccc(C)c(C)c1. The van der Waals surface area contributed by atoms with Crippen molar-refractivity contribution in [2.75, 3.05) is 14.2 Å². The minimum absolute atomic E-state index is 0.00535. The molecule has 0 aliphatic carbocycles. The largest absolute Gasteiger partial charge is 0.481 e. The Balaban J connectivity index is 3.09. The molecule has 1 aromatic carbocycles. The molecule has 0 unspecified atom stereocenters. The summed E-state index contributed by atoms with van der Waals surface area (Å²) in [6.07, 6.45) is 0.270. The number of hydrogen-bond donors (Lipinski definition) is 1. The minimum Gasteiger partial charge on any atom is -0.481 e. The van der Waals surface area contributed by atoms with Gasteiger partial charge in [-0.1, -0.05) is 18.2 Å². The van der Waals surface area contributed by atoms with Crippen molar-refractivity contribution < 1.29 is 19.4 Å². The van der Waals surface area contributed by atoms with Gasteiger partial charge in [0.1, 0.15) is 0 Å². The summed E-state index contributed by atoms with van der Waals surface area (Å²) in [4.78, 5) is 10.7. The molecule has 18 heavy (non-hydrogen) atoms. The second-order valence-electron chi connectivity index (χ2n) is 4.35. The van der Waals surface area contributed by atoms with Crippen LogP contribution in [0.5, 0.6) is 0 Å². The van der Waals surface area contributed by atoms with Crippen LogP contribution >= 0.6 is 0 Å². The molecule has 100 valence electrons. The molecule has 0 amide bonds. The average Bonchev–Trinajstić information content (AvgIpc) is 2.35. The van der Waals surface area contributed by atoms with Crippen LogP contribution in [0, 0.1) is 13.8 Å². The van der Waals surface area contributed by atoms with E-state index in [9.17, 15) is 4.79 Å². The van der Waals surface area contributed by atoms with E-state index < -0.39 is 11.8 Å². The molecule has 0 aromatic heterocycles. The van der Waals surface area contributed by atoms with Gasteiger partial charge in [0.2, 0.25) is 0 Å². The fraction of sp³-hybridized carbons (Fsp3) is 0.500. The van der Waals surface area contributed by atoms with Gasteiger partial charge >= 0.3 is 5.97 Å². The van der Waals surface area contributed by atoms with Crippen LogP contribution in [0.15, 0.2) is 18.2 Å². The highest BCUT2D eigenvalue weighted by molar-refractivity contribution is 5.66. The molecule has 0 aliphatic rings. The van der Waals surface area contributed by atoms with Crippen molar-refractivity contribution in [3.63, 3.8) is 0 Å². The number of hydrogen-bond acceptors (Lipinski definition) is 3. The molecule has 0 fully saturated rings. The van der Waals surface area contributed by atoms with E-state index in [4.69, 9.17) is 14.6 Å². The quantitative estimate of drug-likeness (QED) is 0.791. The Morgan fingerprint density at radius 2 is 1.83 bits per heavy atom. The first-order valence-corrected chi connectivity index (χ1v) is 5.85. The number of carboxylic acid groups (broad SMARTS) is 1. The monoisotopic (exact) mass is 252 g/mol. The van der Waals surface area contributed by atoms with E-state index in [1.165, 1.54) is 19.8 Å². The van der Waals surface area contributed by atoms with E-state index in [1.807, 2.05) is 32.0 Å². The Hall–Kier alpha value is -1.39. The molecular weight excluding hydrogens is 232 g/mol. The Labute approximate surface area is 108 Å².